The van der Waals surface area contributed by atoms with Gasteiger partial charge in [0.2, 0.25) is 5.88 Å². The van der Waals surface area contributed by atoms with E-state index in [1.807, 2.05) is 0 Å². The van der Waals surface area contributed by atoms with Crippen molar-refractivity contribution in [1.29, 1.82) is 0 Å². The first-order valence-electron chi connectivity index (χ1n) is 7.07. The summed E-state index contributed by atoms with van der Waals surface area (Å²) in [5.74, 6) is 0.308. The molecule has 0 aliphatic carbocycles. The van der Waals surface area contributed by atoms with Gasteiger partial charge in [-0.3, -0.25) is 9.87 Å². The number of ether oxygens (including phenoxy) is 2. The first-order valence-corrected chi connectivity index (χ1v) is 9.99. The molecule has 0 atom stereocenters. The van der Waals surface area contributed by atoms with E-state index in [-0.39, 0.29) is 17.4 Å². The van der Waals surface area contributed by atoms with Gasteiger partial charge in [0.1, 0.15) is 21.4 Å². The summed E-state index contributed by atoms with van der Waals surface area (Å²) in [6.45, 7) is 0. The van der Waals surface area contributed by atoms with Crippen molar-refractivity contribution in [3.8, 4) is 11.6 Å². The van der Waals surface area contributed by atoms with Crippen LogP contribution in [0.15, 0.2) is 46.2 Å². The lowest BCUT2D eigenvalue weighted by atomic mass is 10.4. The molecule has 13 heteroatoms. The molecule has 1 aromatic carbocycles. The lowest BCUT2D eigenvalue weighted by Gasteiger charge is -2.11. The predicted molar refractivity (Wildman–Crippen MR) is 92.9 cm³/mol. The molecule has 146 valence electrons. The van der Waals surface area contributed by atoms with E-state index in [0.29, 0.717) is 0 Å². The molecular formula is C14H15N3O8S2. The normalized spacial score (nSPS) is 11.5. The first-order chi connectivity index (χ1) is 12.6. The highest BCUT2D eigenvalue weighted by Crippen LogP contribution is 2.22. The van der Waals surface area contributed by atoms with Gasteiger partial charge >= 0.3 is 6.03 Å². The van der Waals surface area contributed by atoms with Crippen LogP contribution in [-0.4, -0.2) is 46.6 Å². The topological polar surface area (TPSA) is 161 Å². The van der Waals surface area contributed by atoms with Crippen molar-refractivity contribution < 1.29 is 35.7 Å². The summed E-state index contributed by atoms with van der Waals surface area (Å²) in [5.41, 5.74) is 0. The van der Waals surface area contributed by atoms with Crippen LogP contribution < -0.4 is 19.5 Å². The molecule has 0 aliphatic rings. The van der Waals surface area contributed by atoms with Crippen molar-refractivity contribution in [3.05, 3.63) is 36.4 Å². The number of hydrogen-bond donors (Lipinski definition) is 3. The number of nitrogens with zero attached hydrogens (tertiary/aromatic N) is 1. The molecule has 1 aromatic heterocycles. The van der Waals surface area contributed by atoms with Gasteiger partial charge in [-0.2, -0.15) is 13.4 Å². The summed E-state index contributed by atoms with van der Waals surface area (Å²) in [6.07, 6.45) is 0. The smallest absolute Gasteiger partial charge is 0.334 e. The van der Waals surface area contributed by atoms with Gasteiger partial charge in [0, 0.05) is 12.1 Å². The number of methoxy groups -OCH3 is 2. The van der Waals surface area contributed by atoms with Gasteiger partial charge in [-0.15, -0.1) is 0 Å². The van der Waals surface area contributed by atoms with Crippen molar-refractivity contribution in [2.45, 2.75) is 9.79 Å². The molecule has 0 aliphatic heterocycles. The Morgan fingerprint density at radius 2 is 1.67 bits per heavy atom. The number of sulfonamides is 1. The number of benzene rings is 1. The lowest BCUT2D eigenvalue weighted by molar-refractivity contribution is 0.256. The quantitative estimate of drug-likeness (QED) is 0.579. The molecule has 0 unspecified atom stereocenters. The molecule has 2 aromatic rings. The summed E-state index contributed by atoms with van der Waals surface area (Å²) < 4.78 is 68.1. The average Bonchev–Trinajstić information content (AvgIpc) is 2.60. The maximum absolute atomic E-state index is 12.3. The number of carbonyl (C=O) groups is 1. The minimum absolute atomic E-state index is 0.0815. The van der Waals surface area contributed by atoms with Crippen molar-refractivity contribution >= 4 is 32.0 Å². The van der Waals surface area contributed by atoms with Crippen molar-refractivity contribution in [1.82, 2.24) is 9.71 Å². The Morgan fingerprint density at radius 3 is 2.22 bits per heavy atom. The molecule has 0 saturated heterocycles. The molecule has 27 heavy (non-hydrogen) atoms. The van der Waals surface area contributed by atoms with E-state index in [1.54, 1.807) is 4.72 Å². The fraction of sp³-hybridized carbons (Fsp3) is 0.143. The lowest BCUT2D eigenvalue weighted by Crippen LogP contribution is -2.35. The van der Waals surface area contributed by atoms with Gasteiger partial charge in [0.15, 0.2) is 0 Å². The Hall–Kier alpha value is -2.90. The van der Waals surface area contributed by atoms with E-state index in [0.717, 1.165) is 12.1 Å². The number of aromatic nitrogens is 1. The summed E-state index contributed by atoms with van der Waals surface area (Å²) >= 11 is 0. The molecular weight excluding hydrogens is 402 g/mol. The minimum Gasteiger partial charge on any atom is -0.496 e. The van der Waals surface area contributed by atoms with E-state index in [2.05, 4.69) is 10.3 Å². The molecule has 3 N–H and O–H groups in total. The Morgan fingerprint density at radius 1 is 1.04 bits per heavy atom. The van der Waals surface area contributed by atoms with Crippen LogP contribution >= 0.6 is 0 Å². The van der Waals surface area contributed by atoms with Crippen LogP contribution in [0.1, 0.15) is 0 Å². The van der Waals surface area contributed by atoms with Crippen LogP contribution in [0.2, 0.25) is 0 Å². The fourth-order valence-corrected chi connectivity index (χ4v) is 4.19. The maximum atomic E-state index is 12.3. The van der Waals surface area contributed by atoms with Crippen molar-refractivity contribution in [2.24, 2.45) is 0 Å². The second kappa shape index (κ2) is 7.77. The predicted octanol–water partition coefficient (Wildman–Crippen LogP) is 0.856. The summed E-state index contributed by atoms with van der Waals surface area (Å²) in [4.78, 5) is 14.3. The number of rotatable bonds is 6. The summed E-state index contributed by atoms with van der Waals surface area (Å²) in [7, 11) is -6.74. The minimum atomic E-state index is -4.83. The number of anilines is 1. The number of urea groups is 1. The van der Waals surface area contributed by atoms with Gasteiger partial charge < -0.3 is 9.47 Å². The van der Waals surface area contributed by atoms with Crippen LogP contribution in [0.4, 0.5) is 10.6 Å². The standard InChI is InChI=1S/C14H15N3O8S2/c1-24-9-7-12(15-13(8-9)25-2)16-14(18)17-26(19,20)10-5-3-4-6-11(10)27(21,22)23/h3-8H,1-2H3,(H,21,22,23)(H2,15,16,17,18). The molecule has 0 spiro atoms. The molecule has 0 fully saturated rings. The number of carbonyl (C=O) groups excluding carboxylic acids is 1. The van der Waals surface area contributed by atoms with Crippen LogP contribution in [-0.2, 0) is 20.1 Å². The molecule has 1 heterocycles. The van der Waals surface area contributed by atoms with Gasteiger partial charge in [-0.05, 0) is 12.1 Å². The van der Waals surface area contributed by atoms with E-state index >= 15 is 0 Å². The SMILES string of the molecule is COc1cc(NC(=O)NS(=O)(=O)c2ccccc2S(=O)(=O)O)nc(OC)c1. The number of nitrogens with one attached hydrogen (secondary N) is 2. The van der Waals surface area contributed by atoms with Gasteiger partial charge in [-0.25, -0.2) is 17.9 Å². The second-order valence-corrected chi connectivity index (χ2v) is 7.96. The highest BCUT2D eigenvalue weighted by atomic mass is 32.2. The van der Waals surface area contributed by atoms with Crippen LogP contribution in [0.25, 0.3) is 0 Å². The average molecular weight is 417 g/mol. The molecule has 2 rings (SSSR count). The third-order valence-electron chi connectivity index (χ3n) is 3.11. The van der Waals surface area contributed by atoms with Crippen molar-refractivity contribution in [3.63, 3.8) is 0 Å². The first kappa shape index (κ1) is 20.4. The molecule has 11 nitrogen and oxygen atoms in total. The molecule has 0 saturated carbocycles. The second-order valence-electron chi connectivity index (χ2n) is 4.92. The monoisotopic (exact) mass is 417 g/mol. The van der Waals surface area contributed by atoms with Crippen LogP contribution in [0, 0.1) is 0 Å². The van der Waals surface area contributed by atoms with Gasteiger partial charge in [-0.1, -0.05) is 12.1 Å². The Bertz CT molecular complexity index is 1050. The third-order valence-corrected chi connectivity index (χ3v) is 5.54. The third kappa shape index (κ3) is 5.06. The summed E-state index contributed by atoms with van der Waals surface area (Å²) in [6, 6.07) is 5.78. The van der Waals surface area contributed by atoms with Crippen LogP contribution in [0.3, 0.4) is 0 Å². The van der Waals surface area contributed by atoms with Crippen molar-refractivity contribution in [2.75, 3.05) is 19.5 Å². The number of pyridine rings is 1. The largest absolute Gasteiger partial charge is 0.496 e. The Kier molecular flexibility index (Phi) is 5.88. The number of amides is 2. The van der Waals surface area contributed by atoms with E-state index in [4.69, 9.17) is 14.0 Å². The zero-order valence-electron chi connectivity index (χ0n) is 14.0. The Balaban J connectivity index is 2.29. The van der Waals surface area contributed by atoms with Crippen LogP contribution in [0.5, 0.6) is 11.6 Å². The molecule has 2 amide bonds. The molecule has 0 radical (unpaired) electrons. The molecule has 0 bridgehead atoms. The number of hydrogen-bond acceptors (Lipinski definition) is 8. The zero-order valence-corrected chi connectivity index (χ0v) is 15.7. The Labute approximate surface area is 155 Å². The zero-order chi connectivity index (χ0) is 20.2. The highest BCUT2D eigenvalue weighted by molar-refractivity contribution is 7.91. The summed E-state index contributed by atoms with van der Waals surface area (Å²) in [5, 5.41) is 2.16. The van der Waals surface area contributed by atoms with Gasteiger partial charge in [0.25, 0.3) is 20.1 Å². The maximum Gasteiger partial charge on any atom is 0.334 e. The van der Waals surface area contributed by atoms with E-state index < -0.39 is 36.0 Å². The fourth-order valence-electron chi connectivity index (χ4n) is 1.97. The van der Waals surface area contributed by atoms with E-state index in [9.17, 15) is 21.6 Å². The van der Waals surface area contributed by atoms with E-state index in [1.165, 1.54) is 38.5 Å². The highest BCUT2D eigenvalue weighted by Gasteiger charge is 2.26. The van der Waals surface area contributed by atoms with Gasteiger partial charge in [0.05, 0.1) is 14.2 Å².